The first-order valence-electron chi connectivity index (χ1n) is 8.13. The Balaban J connectivity index is 2.08. The van der Waals surface area contributed by atoms with E-state index in [9.17, 15) is 9.59 Å². The molecule has 1 amide bonds. The molecular formula is C18H23N3O2. The number of amides is 1. The molecule has 0 N–H and O–H groups in total. The first-order chi connectivity index (χ1) is 11.0. The molecule has 1 saturated heterocycles. The molecule has 0 spiro atoms. The molecule has 0 saturated carbocycles. The number of aromatic nitrogens is 1. The van der Waals surface area contributed by atoms with E-state index >= 15 is 0 Å². The van der Waals surface area contributed by atoms with Gasteiger partial charge in [0.25, 0.3) is 5.91 Å². The van der Waals surface area contributed by atoms with Gasteiger partial charge < -0.3 is 14.4 Å². The third kappa shape index (κ3) is 2.88. The molecule has 1 aromatic heterocycles. The van der Waals surface area contributed by atoms with Crippen molar-refractivity contribution in [1.82, 2.24) is 14.4 Å². The van der Waals surface area contributed by atoms with Crippen molar-refractivity contribution < 1.29 is 4.79 Å². The summed E-state index contributed by atoms with van der Waals surface area (Å²) in [7, 11) is 2.05. The van der Waals surface area contributed by atoms with E-state index in [0.717, 1.165) is 30.7 Å². The third-order valence-corrected chi connectivity index (χ3v) is 4.60. The fourth-order valence-electron chi connectivity index (χ4n) is 3.11. The molecule has 1 aliphatic heterocycles. The van der Waals surface area contributed by atoms with E-state index in [1.165, 1.54) is 0 Å². The van der Waals surface area contributed by atoms with Gasteiger partial charge >= 0.3 is 0 Å². The van der Waals surface area contributed by atoms with Gasteiger partial charge in [0.05, 0.1) is 5.52 Å². The second kappa shape index (κ2) is 6.16. The van der Waals surface area contributed by atoms with Crippen molar-refractivity contribution in [2.75, 3.05) is 33.2 Å². The summed E-state index contributed by atoms with van der Waals surface area (Å²) in [4.78, 5) is 29.6. The molecule has 0 unspecified atom stereocenters. The van der Waals surface area contributed by atoms with Crippen LogP contribution >= 0.6 is 0 Å². The molecule has 0 radical (unpaired) electrons. The molecule has 0 atom stereocenters. The van der Waals surface area contributed by atoms with Gasteiger partial charge in [-0.15, -0.1) is 0 Å². The maximum atomic E-state index is 12.8. The van der Waals surface area contributed by atoms with Crippen LogP contribution in [-0.4, -0.2) is 53.5 Å². The molecule has 5 nitrogen and oxygen atoms in total. The van der Waals surface area contributed by atoms with Gasteiger partial charge in [-0.2, -0.15) is 0 Å². The molecule has 23 heavy (non-hydrogen) atoms. The minimum atomic E-state index is -0.155. The number of piperazine rings is 1. The summed E-state index contributed by atoms with van der Waals surface area (Å²) in [5.74, 6) is -0.145. The zero-order valence-corrected chi connectivity index (χ0v) is 14.0. The molecule has 0 aliphatic carbocycles. The van der Waals surface area contributed by atoms with Gasteiger partial charge in [0.1, 0.15) is 5.56 Å². The van der Waals surface area contributed by atoms with Crippen molar-refractivity contribution in [3.63, 3.8) is 0 Å². The van der Waals surface area contributed by atoms with Gasteiger partial charge in [0, 0.05) is 44.3 Å². The number of aryl methyl sites for hydroxylation is 2. The van der Waals surface area contributed by atoms with Crippen molar-refractivity contribution in [2.24, 2.45) is 0 Å². The van der Waals surface area contributed by atoms with Crippen molar-refractivity contribution in [1.29, 1.82) is 0 Å². The molecule has 2 aromatic rings. The minimum absolute atomic E-state index is 0.145. The van der Waals surface area contributed by atoms with Gasteiger partial charge in [-0.3, -0.25) is 9.59 Å². The SMILES string of the molecule is CCn1cc(C(=O)N2CCN(C)CC2)c(=O)c2cc(C)ccc21. The number of pyridine rings is 1. The molecule has 1 aromatic carbocycles. The molecule has 1 fully saturated rings. The highest BCUT2D eigenvalue weighted by atomic mass is 16.2. The van der Waals surface area contributed by atoms with Crippen LogP contribution in [0.5, 0.6) is 0 Å². The standard InChI is InChI=1S/C18H23N3O2/c1-4-20-12-15(18(23)21-9-7-19(3)8-10-21)17(22)14-11-13(2)5-6-16(14)20/h5-6,11-12H,4,7-10H2,1-3H3. The van der Waals surface area contributed by atoms with Crippen molar-refractivity contribution in [3.8, 4) is 0 Å². The first-order valence-corrected chi connectivity index (χ1v) is 8.13. The van der Waals surface area contributed by atoms with E-state index in [1.807, 2.05) is 43.7 Å². The number of benzene rings is 1. The van der Waals surface area contributed by atoms with E-state index in [2.05, 4.69) is 4.90 Å². The number of hydrogen-bond acceptors (Lipinski definition) is 3. The zero-order chi connectivity index (χ0) is 16.6. The number of carbonyl (C=O) groups is 1. The Bertz CT molecular complexity index is 802. The van der Waals surface area contributed by atoms with Crippen LogP contribution in [0.15, 0.2) is 29.2 Å². The maximum absolute atomic E-state index is 12.8. The molecule has 3 rings (SSSR count). The number of rotatable bonds is 2. The minimum Gasteiger partial charge on any atom is -0.347 e. The van der Waals surface area contributed by atoms with Crippen molar-refractivity contribution in [3.05, 3.63) is 45.7 Å². The van der Waals surface area contributed by atoms with Gasteiger partial charge in [-0.25, -0.2) is 0 Å². The highest BCUT2D eigenvalue weighted by Gasteiger charge is 2.23. The van der Waals surface area contributed by atoms with E-state index < -0.39 is 0 Å². The van der Waals surface area contributed by atoms with Gasteiger partial charge in [0.15, 0.2) is 0 Å². The van der Waals surface area contributed by atoms with E-state index in [0.29, 0.717) is 18.5 Å². The molecule has 5 heteroatoms. The Morgan fingerprint density at radius 1 is 1.17 bits per heavy atom. The number of fused-ring (bicyclic) bond motifs is 1. The quantitative estimate of drug-likeness (QED) is 0.848. The predicted octanol–water partition coefficient (Wildman–Crippen LogP) is 1.72. The van der Waals surface area contributed by atoms with Gasteiger partial charge in [-0.1, -0.05) is 11.6 Å². The Labute approximate surface area is 136 Å². The summed E-state index contributed by atoms with van der Waals surface area (Å²) in [5, 5.41) is 0.631. The normalized spacial score (nSPS) is 16.0. The van der Waals surface area contributed by atoms with E-state index in [1.54, 1.807) is 11.1 Å². The van der Waals surface area contributed by atoms with Crippen LogP contribution in [0.25, 0.3) is 10.9 Å². The van der Waals surface area contributed by atoms with Gasteiger partial charge in [0.2, 0.25) is 5.43 Å². The Morgan fingerprint density at radius 3 is 2.52 bits per heavy atom. The van der Waals surface area contributed by atoms with Gasteiger partial charge in [-0.05, 0) is 33.0 Å². The van der Waals surface area contributed by atoms with Crippen LogP contribution in [0.1, 0.15) is 22.8 Å². The van der Waals surface area contributed by atoms with E-state index in [-0.39, 0.29) is 16.9 Å². The molecule has 1 aliphatic rings. The number of hydrogen-bond donors (Lipinski definition) is 0. The lowest BCUT2D eigenvalue weighted by Gasteiger charge is -2.32. The van der Waals surface area contributed by atoms with Crippen molar-refractivity contribution in [2.45, 2.75) is 20.4 Å². The van der Waals surface area contributed by atoms with Crippen LogP contribution in [-0.2, 0) is 6.54 Å². The molecule has 122 valence electrons. The summed E-state index contributed by atoms with van der Waals surface area (Å²) in [6.07, 6.45) is 1.72. The summed E-state index contributed by atoms with van der Waals surface area (Å²) in [5.41, 5.74) is 2.05. The van der Waals surface area contributed by atoms with Crippen molar-refractivity contribution >= 4 is 16.8 Å². The second-order valence-electron chi connectivity index (χ2n) is 6.27. The van der Waals surface area contributed by atoms with Crippen LogP contribution in [0.4, 0.5) is 0 Å². The van der Waals surface area contributed by atoms with Crippen LogP contribution in [0.2, 0.25) is 0 Å². The Morgan fingerprint density at radius 2 is 1.87 bits per heavy atom. The molecule has 0 bridgehead atoms. The average molecular weight is 313 g/mol. The molecule has 2 heterocycles. The Hall–Kier alpha value is -2.14. The monoisotopic (exact) mass is 313 g/mol. The largest absolute Gasteiger partial charge is 0.347 e. The lowest BCUT2D eigenvalue weighted by atomic mass is 10.1. The van der Waals surface area contributed by atoms with Crippen LogP contribution in [0, 0.1) is 6.92 Å². The predicted molar refractivity (Wildman–Crippen MR) is 92.0 cm³/mol. The smallest absolute Gasteiger partial charge is 0.259 e. The number of likely N-dealkylation sites (N-methyl/N-ethyl adjacent to an activating group) is 1. The number of nitrogens with zero attached hydrogens (tertiary/aromatic N) is 3. The summed E-state index contributed by atoms with van der Waals surface area (Å²) in [6.45, 7) is 7.75. The maximum Gasteiger partial charge on any atom is 0.259 e. The third-order valence-electron chi connectivity index (χ3n) is 4.60. The lowest BCUT2D eigenvalue weighted by Crippen LogP contribution is -2.48. The lowest BCUT2D eigenvalue weighted by molar-refractivity contribution is 0.0662. The fraction of sp³-hybridized carbons (Fsp3) is 0.444. The average Bonchev–Trinajstić information content (AvgIpc) is 2.56. The summed E-state index contributed by atoms with van der Waals surface area (Å²) < 4.78 is 1.99. The zero-order valence-electron chi connectivity index (χ0n) is 14.0. The van der Waals surface area contributed by atoms with E-state index in [4.69, 9.17) is 0 Å². The topological polar surface area (TPSA) is 45.6 Å². The molecular weight excluding hydrogens is 290 g/mol. The second-order valence-corrected chi connectivity index (χ2v) is 6.27. The number of carbonyl (C=O) groups excluding carboxylic acids is 1. The highest BCUT2D eigenvalue weighted by Crippen LogP contribution is 2.15. The van der Waals surface area contributed by atoms with Crippen LogP contribution < -0.4 is 5.43 Å². The van der Waals surface area contributed by atoms with Crippen LogP contribution in [0.3, 0.4) is 0 Å². The Kier molecular flexibility index (Phi) is 4.22. The fourth-order valence-corrected chi connectivity index (χ4v) is 3.11. The highest BCUT2D eigenvalue weighted by molar-refractivity contribution is 5.97. The summed E-state index contributed by atoms with van der Waals surface area (Å²) in [6, 6.07) is 5.83. The summed E-state index contributed by atoms with van der Waals surface area (Å²) >= 11 is 0. The first kappa shape index (κ1) is 15.7.